The summed E-state index contributed by atoms with van der Waals surface area (Å²) >= 11 is 2.78. The maximum absolute atomic E-state index is 13.0. The first-order chi connectivity index (χ1) is 7.83. The molecule has 0 atom stereocenters. The van der Waals surface area contributed by atoms with Gasteiger partial charge >= 0.3 is 6.18 Å². The quantitative estimate of drug-likeness (QED) is 0.351. The summed E-state index contributed by atoms with van der Waals surface area (Å²) in [6.07, 6.45) is -4.53. The molecule has 17 heavy (non-hydrogen) atoms. The lowest BCUT2D eigenvalue weighted by Crippen LogP contribution is -2.19. The molecule has 0 aromatic heterocycles. The summed E-state index contributed by atoms with van der Waals surface area (Å²) in [6.45, 7) is -1.56. The Morgan fingerprint density at radius 1 is 1.41 bits per heavy atom. The summed E-state index contributed by atoms with van der Waals surface area (Å²) in [4.78, 5) is 2.36. The Morgan fingerprint density at radius 3 is 2.59 bits per heavy atom. The first kappa shape index (κ1) is 13.6. The van der Waals surface area contributed by atoms with E-state index in [9.17, 15) is 17.6 Å². The van der Waals surface area contributed by atoms with Gasteiger partial charge < -0.3 is 4.74 Å². The standard InChI is InChI=1S/C8H4BrF4N3O/c9-4-1-7(17-3-8(11,12)13)6(15-16-14)2-5(4)10/h1-2H,3H2. The van der Waals surface area contributed by atoms with Gasteiger partial charge in [0.1, 0.15) is 11.6 Å². The maximum Gasteiger partial charge on any atom is 0.422 e. The van der Waals surface area contributed by atoms with Gasteiger partial charge in [-0.25, -0.2) is 4.39 Å². The van der Waals surface area contributed by atoms with Crippen LogP contribution in [0.4, 0.5) is 23.2 Å². The molecule has 0 aliphatic carbocycles. The zero-order valence-electron chi connectivity index (χ0n) is 8.00. The van der Waals surface area contributed by atoms with Crippen molar-refractivity contribution in [1.82, 2.24) is 0 Å². The van der Waals surface area contributed by atoms with Gasteiger partial charge in [-0.05, 0) is 33.6 Å². The highest BCUT2D eigenvalue weighted by Gasteiger charge is 2.29. The topological polar surface area (TPSA) is 58.0 Å². The number of azide groups is 1. The van der Waals surface area contributed by atoms with Crippen molar-refractivity contribution >= 4 is 21.6 Å². The lowest BCUT2D eigenvalue weighted by Gasteiger charge is -2.11. The first-order valence-corrected chi connectivity index (χ1v) is 4.86. The highest BCUT2D eigenvalue weighted by Crippen LogP contribution is 2.34. The molecule has 0 aliphatic rings. The summed E-state index contributed by atoms with van der Waals surface area (Å²) in [7, 11) is 0. The van der Waals surface area contributed by atoms with E-state index in [1.807, 2.05) is 0 Å². The number of benzene rings is 1. The Morgan fingerprint density at radius 2 is 2.06 bits per heavy atom. The number of rotatable bonds is 3. The predicted molar refractivity (Wildman–Crippen MR) is 54.5 cm³/mol. The van der Waals surface area contributed by atoms with Gasteiger partial charge in [-0.15, -0.1) is 0 Å². The zero-order chi connectivity index (χ0) is 13.1. The van der Waals surface area contributed by atoms with E-state index < -0.39 is 18.6 Å². The number of hydrogen-bond donors (Lipinski definition) is 0. The van der Waals surface area contributed by atoms with E-state index in [0.29, 0.717) is 0 Å². The van der Waals surface area contributed by atoms with Crippen molar-refractivity contribution in [2.75, 3.05) is 6.61 Å². The molecular formula is C8H4BrF4N3O. The number of halogens is 5. The van der Waals surface area contributed by atoms with Crippen molar-refractivity contribution in [2.24, 2.45) is 5.11 Å². The second-order valence-electron chi connectivity index (χ2n) is 2.83. The Bertz CT molecular complexity index is 471. The molecule has 4 nitrogen and oxygen atoms in total. The summed E-state index contributed by atoms with van der Waals surface area (Å²) in [6, 6.07) is 1.74. The fraction of sp³-hybridized carbons (Fsp3) is 0.250. The second kappa shape index (κ2) is 5.24. The van der Waals surface area contributed by atoms with Crippen LogP contribution < -0.4 is 4.74 Å². The summed E-state index contributed by atoms with van der Waals surface area (Å²) in [5, 5.41) is 3.04. The molecule has 0 saturated heterocycles. The van der Waals surface area contributed by atoms with Gasteiger partial charge in [0.05, 0.1) is 10.2 Å². The van der Waals surface area contributed by atoms with E-state index in [1.165, 1.54) is 0 Å². The van der Waals surface area contributed by atoms with E-state index >= 15 is 0 Å². The molecule has 0 aliphatic heterocycles. The highest BCUT2D eigenvalue weighted by molar-refractivity contribution is 9.10. The summed E-state index contributed by atoms with van der Waals surface area (Å²) in [5.74, 6) is -1.12. The van der Waals surface area contributed by atoms with Crippen LogP contribution in [0.2, 0.25) is 0 Å². The fourth-order valence-corrected chi connectivity index (χ4v) is 1.24. The minimum absolute atomic E-state index is 0.0911. The summed E-state index contributed by atoms with van der Waals surface area (Å²) in [5.41, 5.74) is 7.83. The first-order valence-electron chi connectivity index (χ1n) is 4.07. The third-order valence-electron chi connectivity index (χ3n) is 1.55. The van der Waals surface area contributed by atoms with Crippen molar-refractivity contribution in [3.05, 3.63) is 32.9 Å². The van der Waals surface area contributed by atoms with Crippen LogP contribution in [0.3, 0.4) is 0 Å². The minimum Gasteiger partial charge on any atom is -0.484 e. The number of hydrogen-bond acceptors (Lipinski definition) is 2. The molecule has 1 aromatic rings. The normalized spacial score (nSPS) is 10.9. The SMILES string of the molecule is [N-]=[N+]=Nc1cc(F)c(Br)cc1OCC(F)(F)F. The number of nitrogens with zero attached hydrogens (tertiary/aromatic N) is 3. The average Bonchev–Trinajstić information content (AvgIpc) is 2.20. The lowest BCUT2D eigenvalue weighted by atomic mass is 10.3. The molecule has 9 heteroatoms. The van der Waals surface area contributed by atoms with E-state index in [2.05, 4.69) is 30.7 Å². The lowest BCUT2D eigenvalue weighted by molar-refractivity contribution is -0.153. The van der Waals surface area contributed by atoms with Crippen LogP contribution in [-0.4, -0.2) is 12.8 Å². The van der Waals surface area contributed by atoms with E-state index in [1.54, 1.807) is 0 Å². The molecule has 1 aromatic carbocycles. The van der Waals surface area contributed by atoms with E-state index in [4.69, 9.17) is 5.53 Å². The second-order valence-corrected chi connectivity index (χ2v) is 3.68. The summed E-state index contributed by atoms with van der Waals surface area (Å²) < 4.78 is 53.1. The molecular weight excluding hydrogens is 310 g/mol. The van der Waals surface area contributed by atoms with Crippen LogP contribution in [0.1, 0.15) is 0 Å². The third kappa shape index (κ3) is 4.12. The van der Waals surface area contributed by atoms with Gasteiger partial charge in [0.2, 0.25) is 0 Å². The van der Waals surface area contributed by atoms with Gasteiger partial charge in [0, 0.05) is 4.91 Å². The van der Waals surface area contributed by atoms with Crippen LogP contribution in [0.5, 0.6) is 5.75 Å². The Hall–Kier alpha value is -1.47. The van der Waals surface area contributed by atoms with Gasteiger partial charge in [0.25, 0.3) is 0 Å². The molecule has 0 heterocycles. The third-order valence-corrected chi connectivity index (χ3v) is 2.15. The van der Waals surface area contributed by atoms with Crippen molar-refractivity contribution in [2.45, 2.75) is 6.18 Å². The molecule has 0 spiro atoms. The highest BCUT2D eigenvalue weighted by atomic mass is 79.9. The molecule has 0 saturated carbocycles. The molecule has 0 unspecified atom stereocenters. The van der Waals surface area contributed by atoms with Crippen molar-refractivity contribution in [3.8, 4) is 5.75 Å². The molecule has 0 amide bonds. The number of ether oxygens (including phenoxy) is 1. The van der Waals surface area contributed by atoms with Crippen molar-refractivity contribution < 1.29 is 22.3 Å². The molecule has 0 fully saturated rings. The van der Waals surface area contributed by atoms with E-state index in [0.717, 1.165) is 12.1 Å². The van der Waals surface area contributed by atoms with Crippen molar-refractivity contribution in [3.63, 3.8) is 0 Å². The van der Waals surface area contributed by atoms with E-state index in [-0.39, 0.29) is 15.9 Å². The molecule has 0 radical (unpaired) electrons. The van der Waals surface area contributed by atoms with Crippen LogP contribution in [0.15, 0.2) is 21.7 Å². The Kier molecular flexibility index (Phi) is 4.19. The zero-order valence-corrected chi connectivity index (χ0v) is 9.59. The van der Waals surface area contributed by atoms with Crippen molar-refractivity contribution in [1.29, 1.82) is 0 Å². The maximum atomic E-state index is 13.0. The van der Waals surface area contributed by atoms with Gasteiger partial charge in [-0.3, -0.25) is 0 Å². The van der Waals surface area contributed by atoms with Crippen LogP contribution in [-0.2, 0) is 0 Å². The van der Waals surface area contributed by atoms with Crippen LogP contribution in [0.25, 0.3) is 10.4 Å². The largest absolute Gasteiger partial charge is 0.484 e. The Labute approximate surface area is 101 Å². The Balaban J connectivity index is 3.04. The molecule has 1 rings (SSSR count). The monoisotopic (exact) mass is 313 g/mol. The predicted octanol–water partition coefficient (Wildman–Crippen LogP) is 4.47. The minimum atomic E-state index is -4.53. The van der Waals surface area contributed by atoms with Crippen LogP contribution >= 0.6 is 15.9 Å². The fourth-order valence-electron chi connectivity index (χ4n) is 0.920. The smallest absolute Gasteiger partial charge is 0.422 e. The number of alkyl halides is 3. The molecule has 0 N–H and O–H groups in total. The average molecular weight is 314 g/mol. The van der Waals surface area contributed by atoms with Gasteiger partial charge in [0.15, 0.2) is 6.61 Å². The van der Waals surface area contributed by atoms with Gasteiger partial charge in [-0.1, -0.05) is 5.11 Å². The van der Waals surface area contributed by atoms with Gasteiger partial charge in [-0.2, -0.15) is 13.2 Å². The molecule has 92 valence electrons. The van der Waals surface area contributed by atoms with Crippen LogP contribution in [0, 0.1) is 5.82 Å². The molecule has 0 bridgehead atoms.